The maximum absolute atomic E-state index is 11.8. The number of hydrogen-bond acceptors (Lipinski definition) is 4. The lowest BCUT2D eigenvalue weighted by atomic mass is 10.1. The number of nitrogen functional groups attached to an aromatic ring is 1. The van der Waals surface area contributed by atoms with Crippen molar-refractivity contribution >= 4 is 16.0 Å². The van der Waals surface area contributed by atoms with E-state index in [-0.39, 0.29) is 6.04 Å². The molecule has 1 aromatic heterocycles. The molecule has 3 N–H and O–H groups in total. The molecule has 102 valence electrons. The van der Waals surface area contributed by atoms with E-state index < -0.39 is 10.2 Å². The fourth-order valence-corrected chi connectivity index (χ4v) is 3.42. The van der Waals surface area contributed by atoms with Gasteiger partial charge < -0.3 is 5.73 Å². The lowest BCUT2D eigenvalue weighted by Gasteiger charge is -2.31. The lowest BCUT2D eigenvalue weighted by molar-refractivity contribution is 0.259. The van der Waals surface area contributed by atoms with Crippen molar-refractivity contribution in [2.45, 2.75) is 25.8 Å². The fraction of sp³-hybridized carbons (Fsp3) is 0.700. The summed E-state index contributed by atoms with van der Waals surface area (Å²) in [6.45, 7) is 3.22. The van der Waals surface area contributed by atoms with Crippen molar-refractivity contribution in [3.8, 4) is 0 Å². The first-order valence-corrected chi connectivity index (χ1v) is 7.52. The predicted molar refractivity (Wildman–Crippen MR) is 69.1 cm³/mol. The van der Waals surface area contributed by atoms with Crippen LogP contribution in [0.1, 0.15) is 25.8 Å². The quantitative estimate of drug-likeness (QED) is 0.804. The van der Waals surface area contributed by atoms with Crippen LogP contribution in [0.15, 0.2) is 12.3 Å². The number of aromatic nitrogens is 2. The van der Waals surface area contributed by atoms with Gasteiger partial charge in [-0.3, -0.25) is 4.68 Å². The van der Waals surface area contributed by atoms with E-state index in [4.69, 9.17) is 5.73 Å². The van der Waals surface area contributed by atoms with Crippen LogP contribution in [0, 0.1) is 0 Å². The Labute approximate surface area is 107 Å². The van der Waals surface area contributed by atoms with Crippen molar-refractivity contribution in [1.82, 2.24) is 18.8 Å². The van der Waals surface area contributed by atoms with Crippen LogP contribution in [0.4, 0.5) is 5.82 Å². The molecule has 2 rings (SSSR count). The second-order valence-corrected chi connectivity index (χ2v) is 6.11. The monoisotopic (exact) mass is 273 g/mol. The van der Waals surface area contributed by atoms with Crippen molar-refractivity contribution in [2.24, 2.45) is 0 Å². The van der Waals surface area contributed by atoms with E-state index in [0.717, 1.165) is 12.8 Å². The minimum absolute atomic E-state index is 0.232. The van der Waals surface area contributed by atoms with Gasteiger partial charge >= 0.3 is 0 Å². The highest BCUT2D eigenvalue weighted by Crippen LogP contribution is 2.23. The van der Waals surface area contributed by atoms with E-state index in [1.54, 1.807) is 13.0 Å². The fourth-order valence-electron chi connectivity index (χ4n) is 2.18. The number of hydrogen-bond donors (Lipinski definition) is 2. The third-order valence-electron chi connectivity index (χ3n) is 3.09. The maximum Gasteiger partial charge on any atom is 0.279 e. The summed E-state index contributed by atoms with van der Waals surface area (Å²) in [5.74, 6) is 0.498. The van der Waals surface area contributed by atoms with Gasteiger partial charge in [-0.1, -0.05) is 6.92 Å². The zero-order valence-corrected chi connectivity index (χ0v) is 11.2. The summed E-state index contributed by atoms with van der Waals surface area (Å²) in [6.07, 6.45) is 3.35. The zero-order chi connectivity index (χ0) is 13.2. The average Bonchev–Trinajstić information content (AvgIpc) is 2.76. The molecule has 7 nitrogen and oxygen atoms in total. The highest BCUT2D eigenvalue weighted by molar-refractivity contribution is 7.87. The zero-order valence-electron chi connectivity index (χ0n) is 10.4. The van der Waals surface area contributed by atoms with Crippen LogP contribution in [-0.4, -0.2) is 42.1 Å². The number of nitrogens with two attached hydrogens (primary N) is 1. The van der Waals surface area contributed by atoms with Crippen LogP contribution in [0.3, 0.4) is 0 Å². The Bertz CT molecular complexity index is 490. The third-order valence-corrected chi connectivity index (χ3v) is 4.79. The highest BCUT2D eigenvalue weighted by Gasteiger charge is 2.28. The molecule has 0 radical (unpaired) electrons. The van der Waals surface area contributed by atoms with Gasteiger partial charge in [0.05, 0.1) is 6.04 Å². The van der Waals surface area contributed by atoms with Crippen molar-refractivity contribution in [2.75, 3.05) is 25.4 Å². The number of anilines is 1. The summed E-state index contributed by atoms with van der Waals surface area (Å²) in [5, 5.41) is 4.17. The summed E-state index contributed by atoms with van der Waals surface area (Å²) < 4.78 is 29.4. The summed E-state index contributed by atoms with van der Waals surface area (Å²) >= 11 is 0. The molecule has 0 saturated carbocycles. The van der Waals surface area contributed by atoms with Gasteiger partial charge in [-0.05, 0) is 18.9 Å². The number of nitrogens with zero attached hydrogens (tertiary/aromatic N) is 3. The van der Waals surface area contributed by atoms with Crippen molar-refractivity contribution < 1.29 is 8.42 Å². The average molecular weight is 273 g/mol. The molecule has 1 aliphatic heterocycles. The van der Waals surface area contributed by atoms with Crippen molar-refractivity contribution in [3.63, 3.8) is 0 Å². The van der Waals surface area contributed by atoms with E-state index >= 15 is 0 Å². The van der Waals surface area contributed by atoms with E-state index in [1.807, 2.05) is 10.9 Å². The molecule has 0 amide bonds. The summed E-state index contributed by atoms with van der Waals surface area (Å²) in [5.41, 5.74) is 5.57. The van der Waals surface area contributed by atoms with Crippen LogP contribution in [-0.2, 0) is 10.2 Å². The van der Waals surface area contributed by atoms with Gasteiger partial charge in [0.15, 0.2) is 0 Å². The second-order valence-electron chi connectivity index (χ2n) is 4.35. The molecule has 0 atom stereocenters. The van der Waals surface area contributed by atoms with Crippen LogP contribution < -0.4 is 10.5 Å². The van der Waals surface area contributed by atoms with Gasteiger partial charge in [-0.25, -0.2) is 4.72 Å². The molecule has 1 aromatic rings. The van der Waals surface area contributed by atoms with E-state index in [9.17, 15) is 8.42 Å². The van der Waals surface area contributed by atoms with Gasteiger partial charge in [0.2, 0.25) is 0 Å². The highest BCUT2D eigenvalue weighted by atomic mass is 32.2. The first-order chi connectivity index (χ1) is 8.53. The first-order valence-electron chi connectivity index (χ1n) is 6.08. The molecule has 2 heterocycles. The van der Waals surface area contributed by atoms with Gasteiger partial charge in [-0.15, -0.1) is 0 Å². The summed E-state index contributed by atoms with van der Waals surface area (Å²) in [6, 6.07) is 1.98. The Morgan fingerprint density at radius 3 is 2.67 bits per heavy atom. The number of nitrogens with one attached hydrogen (secondary N) is 1. The minimum atomic E-state index is -3.30. The van der Waals surface area contributed by atoms with Crippen LogP contribution >= 0.6 is 0 Å². The van der Waals surface area contributed by atoms with Gasteiger partial charge in [0.25, 0.3) is 10.2 Å². The third kappa shape index (κ3) is 2.82. The Morgan fingerprint density at radius 2 is 2.17 bits per heavy atom. The summed E-state index contributed by atoms with van der Waals surface area (Å²) in [7, 11) is -3.30. The smallest absolute Gasteiger partial charge is 0.279 e. The normalized spacial score (nSPS) is 19.2. The minimum Gasteiger partial charge on any atom is -0.382 e. The lowest BCUT2D eigenvalue weighted by Crippen LogP contribution is -2.45. The molecule has 1 saturated heterocycles. The Kier molecular flexibility index (Phi) is 3.88. The Hall–Kier alpha value is -1.12. The Morgan fingerprint density at radius 1 is 1.50 bits per heavy atom. The van der Waals surface area contributed by atoms with E-state index in [0.29, 0.717) is 25.5 Å². The van der Waals surface area contributed by atoms with Crippen LogP contribution in [0.5, 0.6) is 0 Å². The van der Waals surface area contributed by atoms with E-state index in [1.165, 1.54) is 4.31 Å². The van der Waals surface area contributed by atoms with Gasteiger partial charge in [0.1, 0.15) is 5.82 Å². The first kappa shape index (κ1) is 13.3. The predicted octanol–water partition coefficient (Wildman–Crippen LogP) is -0.0435. The maximum atomic E-state index is 11.8. The molecule has 0 aromatic carbocycles. The van der Waals surface area contributed by atoms with Gasteiger partial charge in [-0.2, -0.15) is 17.8 Å². The van der Waals surface area contributed by atoms with Gasteiger partial charge in [0, 0.05) is 25.8 Å². The molecular weight excluding hydrogens is 254 g/mol. The molecule has 1 fully saturated rings. The molecular formula is C10H19N5O2S. The molecule has 18 heavy (non-hydrogen) atoms. The van der Waals surface area contributed by atoms with E-state index in [2.05, 4.69) is 9.82 Å². The summed E-state index contributed by atoms with van der Waals surface area (Å²) in [4.78, 5) is 0. The van der Waals surface area contributed by atoms with Crippen molar-refractivity contribution in [1.29, 1.82) is 0 Å². The SMILES string of the molecule is CCNS(=O)(=O)N1CCC(n2ccc(N)n2)CC1. The standard InChI is InChI=1S/C10H19N5O2S/c1-2-12-18(16,17)14-6-3-9(4-7-14)15-8-5-10(11)13-15/h5,8-9,12H,2-4,6-7H2,1H3,(H2,11,13). The molecule has 0 bridgehead atoms. The van der Waals surface area contributed by atoms with Crippen LogP contribution in [0.2, 0.25) is 0 Å². The largest absolute Gasteiger partial charge is 0.382 e. The van der Waals surface area contributed by atoms with Crippen molar-refractivity contribution in [3.05, 3.63) is 12.3 Å². The molecule has 1 aliphatic rings. The number of piperidine rings is 1. The molecule has 0 spiro atoms. The van der Waals surface area contributed by atoms with Crippen LogP contribution in [0.25, 0.3) is 0 Å². The molecule has 0 aliphatic carbocycles. The topological polar surface area (TPSA) is 93.2 Å². The second kappa shape index (κ2) is 5.25. The number of rotatable bonds is 4. The molecule has 0 unspecified atom stereocenters. The molecule has 8 heteroatoms. The Balaban J connectivity index is 1.96.